The lowest BCUT2D eigenvalue weighted by molar-refractivity contribution is -0.141. The Hall–Kier alpha value is -0.360. The summed E-state index contributed by atoms with van der Waals surface area (Å²) in [5.74, 6) is 1.54. The highest BCUT2D eigenvalue weighted by atomic mass is 33.1. The number of methoxy groups -OCH3 is 2. The van der Waals surface area contributed by atoms with Gasteiger partial charge in [-0.2, -0.15) is 0 Å². The van der Waals surface area contributed by atoms with Crippen LogP contribution in [0.1, 0.15) is 25.7 Å². The molecule has 0 fully saturated rings. The van der Waals surface area contributed by atoms with Crippen LogP contribution in [0.25, 0.3) is 0 Å². The van der Waals surface area contributed by atoms with Crippen molar-refractivity contribution in [2.75, 3.05) is 25.7 Å². The minimum atomic E-state index is -0.156. The van der Waals surface area contributed by atoms with Gasteiger partial charge in [0.05, 0.1) is 14.2 Å². The van der Waals surface area contributed by atoms with Gasteiger partial charge < -0.3 is 9.47 Å². The third-order valence-corrected chi connectivity index (χ3v) is 4.33. The van der Waals surface area contributed by atoms with Gasteiger partial charge in [-0.25, -0.2) is 0 Å². The van der Waals surface area contributed by atoms with Crippen molar-refractivity contribution in [2.45, 2.75) is 25.7 Å². The van der Waals surface area contributed by atoms with Crippen LogP contribution in [0.3, 0.4) is 0 Å². The van der Waals surface area contributed by atoms with Gasteiger partial charge in [0.1, 0.15) is 0 Å². The van der Waals surface area contributed by atoms with E-state index in [0.29, 0.717) is 12.8 Å². The molecule has 0 spiro atoms. The van der Waals surface area contributed by atoms with Gasteiger partial charge in [0.25, 0.3) is 0 Å². The van der Waals surface area contributed by atoms with E-state index in [9.17, 15) is 9.59 Å². The molecule has 0 aromatic heterocycles. The standard InChI is InChI=1S/C10H18O4S2/c1-13-9(11)5-3-7-15-16-8-4-6-10(12)14-2/h3-8H2,1-2H3. The van der Waals surface area contributed by atoms with Crippen LogP contribution in [-0.2, 0) is 19.1 Å². The SMILES string of the molecule is COC(=O)CCCSSCCCC(=O)OC. The molecule has 0 aliphatic heterocycles. The quantitative estimate of drug-likeness (QED) is 0.362. The van der Waals surface area contributed by atoms with E-state index >= 15 is 0 Å². The Balaban J connectivity index is 3.10. The van der Waals surface area contributed by atoms with Crippen molar-refractivity contribution in [1.82, 2.24) is 0 Å². The van der Waals surface area contributed by atoms with Crippen molar-refractivity contribution in [1.29, 1.82) is 0 Å². The van der Waals surface area contributed by atoms with E-state index in [0.717, 1.165) is 24.3 Å². The van der Waals surface area contributed by atoms with Gasteiger partial charge >= 0.3 is 11.9 Å². The third kappa shape index (κ3) is 10.2. The van der Waals surface area contributed by atoms with Crippen molar-refractivity contribution < 1.29 is 19.1 Å². The molecular weight excluding hydrogens is 248 g/mol. The van der Waals surface area contributed by atoms with Gasteiger partial charge in [-0.3, -0.25) is 9.59 Å². The first-order chi connectivity index (χ1) is 7.70. The van der Waals surface area contributed by atoms with Crippen LogP contribution in [0, 0.1) is 0 Å². The Morgan fingerprint density at radius 1 is 0.875 bits per heavy atom. The maximum atomic E-state index is 10.8. The first kappa shape index (κ1) is 15.6. The van der Waals surface area contributed by atoms with Gasteiger partial charge in [0.2, 0.25) is 0 Å². The van der Waals surface area contributed by atoms with Crippen molar-refractivity contribution >= 4 is 33.5 Å². The average molecular weight is 266 g/mol. The molecule has 0 unspecified atom stereocenters. The molecular formula is C10H18O4S2. The number of rotatable bonds is 9. The summed E-state index contributed by atoms with van der Waals surface area (Å²) in [4.78, 5) is 21.5. The number of hydrogen-bond acceptors (Lipinski definition) is 6. The van der Waals surface area contributed by atoms with Gasteiger partial charge in [-0.15, -0.1) is 0 Å². The van der Waals surface area contributed by atoms with Crippen LogP contribution in [0.15, 0.2) is 0 Å². The highest BCUT2D eigenvalue weighted by molar-refractivity contribution is 8.76. The van der Waals surface area contributed by atoms with Crippen LogP contribution in [0.5, 0.6) is 0 Å². The molecule has 0 saturated heterocycles. The topological polar surface area (TPSA) is 52.6 Å². The fraction of sp³-hybridized carbons (Fsp3) is 0.800. The lowest BCUT2D eigenvalue weighted by atomic mass is 10.3. The maximum absolute atomic E-state index is 10.8. The summed E-state index contributed by atoms with van der Waals surface area (Å²) in [7, 11) is 6.24. The zero-order valence-electron chi connectivity index (χ0n) is 9.69. The maximum Gasteiger partial charge on any atom is 0.305 e. The summed E-state index contributed by atoms with van der Waals surface area (Å²) in [6, 6.07) is 0. The molecule has 0 amide bonds. The molecule has 0 N–H and O–H groups in total. The summed E-state index contributed by atoms with van der Waals surface area (Å²) in [5.41, 5.74) is 0. The smallest absolute Gasteiger partial charge is 0.305 e. The van der Waals surface area contributed by atoms with Gasteiger partial charge in [0.15, 0.2) is 0 Å². The summed E-state index contributed by atoms with van der Waals surface area (Å²) in [5, 5.41) is 0. The van der Waals surface area contributed by atoms with Crippen molar-refractivity contribution in [3.8, 4) is 0 Å². The fourth-order valence-corrected chi connectivity index (χ4v) is 3.05. The average Bonchev–Trinajstić information content (AvgIpc) is 2.31. The van der Waals surface area contributed by atoms with Crippen molar-refractivity contribution in [3.05, 3.63) is 0 Å². The molecule has 0 saturated carbocycles. The van der Waals surface area contributed by atoms with E-state index in [1.807, 2.05) is 0 Å². The molecule has 0 rings (SSSR count). The Bertz CT molecular complexity index is 187. The first-order valence-corrected chi connectivity index (χ1v) is 7.57. The van der Waals surface area contributed by atoms with Crippen LogP contribution in [0.4, 0.5) is 0 Å². The molecule has 6 heteroatoms. The molecule has 0 atom stereocenters. The normalized spacial score (nSPS) is 9.88. The second kappa shape index (κ2) is 11.1. The predicted molar refractivity (Wildman–Crippen MR) is 67.4 cm³/mol. The molecule has 0 heterocycles. The number of carbonyl (C=O) groups excluding carboxylic acids is 2. The van der Waals surface area contributed by atoms with Gasteiger partial charge in [0, 0.05) is 24.3 Å². The fourth-order valence-electron chi connectivity index (χ4n) is 0.873. The van der Waals surface area contributed by atoms with Crippen molar-refractivity contribution in [2.24, 2.45) is 0 Å². The minimum absolute atomic E-state index is 0.156. The number of hydrogen-bond donors (Lipinski definition) is 0. The molecule has 94 valence electrons. The summed E-state index contributed by atoms with van der Waals surface area (Å²) >= 11 is 0. The molecule has 0 radical (unpaired) electrons. The van der Waals surface area contributed by atoms with Crippen molar-refractivity contribution in [3.63, 3.8) is 0 Å². The predicted octanol–water partition coefficient (Wildman–Crippen LogP) is 2.27. The van der Waals surface area contributed by atoms with Crippen LogP contribution >= 0.6 is 21.6 Å². The Kier molecular flexibility index (Phi) is 10.9. The van der Waals surface area contributed by atoms with Gasteiger partial charge in [-0.05, 0) is 12.8 Å². The first-order valence-electron chi connectivity index (χ1n) is 5.08. The van der Waals surface area contributed by atoms with E-state index in [1.165, 1.54) is 14.2 Å². The molecule has 4 nitrogen and oxygen atoms in total. The van der Waals surface area contributed by atoms with E-state index in [-0.39, 0.29) is 11.9 Å². The molecule has 16 heavy (non-hydrogen) atoms. The second-order valence-corrected chi connectivity index (χ2v) is 5.71. The number of carbonyl (C=O) groups is 2. The molecule has 0 aliphatic carbocycles. The Morgan fingerprint density at radius 3 is 1.56 bits per heavy atom. The lowest BCUT2D eigenvalue weighted by Crippen LogP contribution is -2.00. The third-order valence-electron chi connectivity index (χ3n) is 1.76. The van der Waals surface area contributed by atoms with Gasteiger partial charge in [-0.1, -0.05) is 21.6 Å². The summed E-state index contributed by atoms with van der Waals surface area (Å²) < 4.78 is 9.06. The largest absolute Gasteiger partial charge is 0.469 e. The van der Waals surface area contributed by atoms with Crippen LogP contribution < -0.4 is 0 Å². The summed E-state index contributed by atoms with van der Waals surface area (Å²) in [6.45, 7) is 0. The lowest BCUT2D eigenvalue weighted by Gasteiger charge is -2.01. The van der Waals surface area contributed by atoms with Crippen LogP contribution in [-0.4, -0.2) is 37.7 Å². The highest BCUT2D eigenvalue weighted by Gasteiger charge is 2.01. The molecule has 0 aromatic carbocycles. The Labute approximate surface area is 104 Å². The summed E-state index contributed by atoms with van der Waals surface area (Å²) in [6.07, 6.45) is 2.63. The molecule has 0 aliphatic rings. The molecule has 0 aromatic rings. The minimum Gasteiger partial charge on any atom is -0.469 e. The second-order valence-electron chi connectivity index (χ2n) is 3.00. The Morgan fingerprint density at radius 2 is 1.25 bits per heavy atom. The zero-order chi connectivity index (χ0) is 12.2. The number of ether oxygens (including phenoxy) is 2. The monoisotopic (exact) mass is 266 g/mol. The van der Waals surface area contributed by atoms with Crippen LogP contribution in [0.2, 0.25) is 0 Å². The van der Waals surface area contributed by atoms with E-state index in [2.05, 4.69) is 9.47 Å². The number of esters is 2. The van der Waals surface area contributed by atoms with E-state index < -0.39 is 0 Å². The molecule has 0 bridgehead atoms. The van der Waals surface area contributed by atoms with E-state index in [4.69, 9.17) is 0 Å². The highest BCUT2D eigenvalue weighted by Crippen LogP contribution is 2.23. The van der Waals surface area contributed by atoms with E-state index in [1.54, 1.807) is 21.6 Å². The zero-order valence-corrected chi connectivity index (χ0v) is 11.3.